The van der Waals surface area contributed by atoms with E-state index in [1.54, 1.807) is 23.3 Å². The summed E-state index contributed by atoms with van der Waals surface area (Å²) < 4.78 is 35.4. The molecule has 25 heavy (non-hydrogen) atoms. The van der Waals surface area contributed by atoms with Crippen molar-refractivity contribution in [1.29, 1.82) is 0 Å². The number of aromatic nitrogens is 3. The van der Waals surface area contributed by atoms with Crippen LogP contribution in [0, 0.1) is 11.6 Å². The van der Waals surface area contributed by atoms with Gasteiger partial charge in [-0.25, -0.2) is 13.5 Å². The second-order valence-electron chi connectivity index (χ2n) is 6.03. The van der Waals surface area contributed by atoms with Gasteiger partial charge in [-0.2, -0.15) is 5.10 Å². The highest BCUT2D eigenvalue weighted by Gasteiger charge is 2.25. The van der Waals surface area contributed by atoms with Crippen LogP contribution in [0.15, 0.2) is 48.9 Å². The molecule has 1 aromatic carbocycles. The Bertz CT molecular complexity index is 874. The van der Waals surface area contributed by atoms with Crippen LogP contribution >= 0.6 is 0 Å². The highest BCUT2D eigenvalue weighted by atomic mass is 19.1. The van der Waals surface area contributed by atoms with Gasteiger partial charge >= 0.3 is 0 Å². The molecule has 0 saturated carbocycles. The molecule has 4 rings (SSSR count). The van der Waals surface area contributed by atoms with Gasteiger partial charge in [-0.15, -0.1) is 0 Å². The van der Waals surface area contributed by atoms with Gasteiger partial charge in [0.1, 0.15) is 11.6 Å². The SMILES string of the molecule is Fc1ccc(-c2c(-c3ccncc3)cnn2C2CCCCO2)c(F)c1. The summed E-state index contributed by atoms with van der Waals surface area (Å²) in [5, 5.41) is 4.47. The van der Waals surface area contributed by atoms with Crippen molar-refractivity contribution in [1.82, 2.24) is 14.8 Å². The molecule has 2 aromatic heterocycles. The summed E-state index contributed by atoms with van der Waals surface area (Å²) >= 11 is 0. The molecule has 128 valence electrons. The Morgan fingerprint density at radius 2 is 1.88 bits per heavy atom. The third-order valence-electron chi connectivity index (χ3n) is 4.40. The number of nitrogens with zero attached hydrogens (tertiary/aromatic N) is 3. The van der Waals surface area contributed by atoms with E-state index in [-0.39, 0.29) is 6.23 Å². The van der Waals surface area contributed by atoms with Crippen molar-refractivity contribution in [3.8, 4) is 22.4 Å². The van der Waals surface area contributed by atoms with Crippen molar-refractivity contribution >= 4 is 0 Å². The Balaban J connectivity index is 1.90. The molecule has 4 nitrogen and oxygen atoms in total. The molecule has 6 heteroatoms. The van der Waals surface area contributed by atoms with Crippen LogP contribution < -0.4 is 0 Å². The maximum atomic E-state index is 14.5. The van der Waals surface area contributed by atoms with E-state index < -0.39 is 11.6 Å². The lowest BCUT2D eigenvalue weighted by Gasteiger charge is -2.25. The van der Waals surface area contributed by atoms with E-state index >= 15 is 0 Å². The number of rotatable bonds is 3. The molecular weight excluding hydrogens is 324 g/mol. The Kier molecular flexibility index (Phi) is 4.28. The molecular formula is C19H17F2N3O. The molecule has 3 heterocycles. The van der Waals surface area contributed by atoms with Gasteiger partial charge in [-0.05, 0) is 49.1 Å². The molecule has 0 N–H and O–H groups in total. The summed E-state index contributed by atoms with van der Waals surface area (Å²) in [5.41, 5.74) is 2.54. The van der Waals surface area contributed by atoms with Crippen molar-refractivity contribution in [2.75, 3.05) is 6.61 Å². The summed E-state index contributed by atoms with van der Waals surface area (Å²) in [6, 6.07) is 7.28. The maximum absolute atomic E-state index is 14.5. The van der Waals surface area contributed by atoms with Gasteiger partial charge in [0.25, 0.3) is 0 Å². The molecule has 1 atom stereocenters. The average Bonchev–Trinajstić information content (AvgIpc) is 3.08. The van der Waals surface area contributed by atoms with Crippen LogP contribution in [-0.2, 0) is 4.74 Å². The van der Waals surface area contributed by atoms with E-state index in [1.807, 2.05) is 12.1 Å². The molecule has 1 saturated heterocycles. The predicted molar refractivity (Wildman–Crippen MR) is 89.7 cm³/mol. The molecule has 0 aliphatic carbocycles. The van der Waals surface area contributed by atoms with E-state index in [2.05, 4.69) is 10.1 Å². The molecule has 1 aliphatic rings. The van der Waals surface area contributed by atoms with Crippen LogP contribution in [0.25, 0.3) is 22.4 Å². The van der Waals surface area contributed by atoms with Crippen LogP contribution in [0.1, 0.15) is 25.5 Å². The standard InChI is InChI=1S/C19H17F2N3O/c20-14-4-5-15(17(21)11-14)19-16(13-6-8-22-9-7-13)12-23-24(19)18-3-1-2-10-25-18/h4-9,11-12,18H,1-3,10H2. The average molecular weight is 341 g/mol. The fourth-order valence-electron chi connectivity index (χ4n) is 3.19. The third kappa shape index (κ3) is 3.05. The first-order valence-corrected chi connectivity index (χ1v) is 8.29. The Hall–Kier alpha value is -2.60. The fourth-order valence-corrected chi connectivity index (χ4v) is 3.19. The van der Waals surface area contributed by atoms with Crippen LogP contribution in [-0.4, -0.2) is 21.4 Å². The third-order valence-corrected chi connectivity index (χ3v) is 4.40. The molecule has 0 amide bonds. The largest absolute Gasteiger partial charge is 0.356 e. The highest BCUT2D eigenvalue weighted by molar-refractivity contribution is 5.80. The van der Waals surface area contributed by atoms with E-state index in [1.165, 1.54) is 12.1 Å². The summed E-state index contributed by atoms with van der Waals surface area (Å²) in [7, 11) is 0. The minimum absolute atomic E-state index is 0.246. The second-order valence-corrected chi connectivity index (χ2v) is 6.03. The van der Waals surface area contributed by atoms with Crippen LogP contribution in [0.2, 0.25) is 0 Å². The predicted octanol–water partition coefficient (Wildman–Crippen LogP) is 4.59. The normalized spacial score (nSPS) is 17.6. The maximum Gasteiger partial charge on any atom is 0.150 e. The van der Waals surface area contributed by atoms with Crippen molar-refractivity contribution in [2.45, 2.75) is 25.5 Å². The van der Waals surface area contributed by atoms with E-state index in [9.17, 15) is 8.78 Å². The van der Waals surface area contributed by atoms with Crippen molar-refractivity contribution in [3.05, 3.63) is 60.6 Å². The first kappa shape index (κ1) is 15.9. The quantitative estimate of drug-likeness (QED) is 0.699. The minimum atomic E-state index is -0.618. The zero-order valence-electron chi connectivity index (χ0n) is 13.5. The molecule has 1 aliphatic heterocycles. The van der Waals surface area contributed by atoms with Gasteiger partial charge in [-0.3, -0.25) is 4.98 Å². The summed E-state index contributed by atoms with van der Waals surface area (Å²) in [5.74, 6) is -1.22. The van der Waals surface area contributed by atoms with Gasteiger partial charge in [0.05, 0.1) is 11.9 Å². The zero-order chi connectivity index (χ0) is 17.2. The smallest absolute Gasteiger partial charge is 0.150 e. The van der Waals surface area contributed by atoms with E-state index in [4.69, 9.17) is 4.74 Å². The molecule has 1 fully saturated rings. The van der Waals surface area contributed by atoms with E-state index in [0.717, 1.165) is 36.5 Å². The number of halogens is 2. The lowest BCUT2D eigenvalue weighted by Crippen LogP contribution is -2.20. The molecule has 3 aromatic rings. The first-order valence-electron chi connectivity index (χ1n) is 8.29. The number of hydrogen-bond acceptors (Lipinski definition) is 3. The minimum Gasteiger partial charge on any atom is -0.356 e. The number of ether oxygens (including phenoxy) is 1. The van der Waals surface area contributed by atoms with Gasteiger partial charge < -0.3 is 4.74 Å². The van der Waals surface area contributed by atoms with Gasteiger partial charge in [-0.1, -0.05) is 0 Å². The van der Waals surface area contributed by atoms with Gasteiger partial charge in [0.2, 0.25) is 0 Å². The molecule has 0 radical (unpaired) electrons. The molecule has 1 unspecified atom stereocenters. The molecule has 0 spiro atoms. The van der Waals surface area contributed by atoms with Crippen molar-refractivity contribution in [2.24, 2.45) is 0 Å². The zero-order valence-corrected chi connectivity index (χ0v) is 13.5. The lowest BCUT2D eigenvalue weighted by molar-refractivity contribution is -0.0383. The number of pyridine rings is 1. The van der Waals surface area contributed by atoms with Crippen LogP contribution in [0.4, 0.5) is 8.78 Å². The molecule has 0 bridgehead atoms. The monoisotopic (exact) mass is 341 g/mol. The van der Waals surface area contributed by atoms with Crippen molar-refractivity contribution in [3.63, 3.8) is 0 Å². The Labute approximate surface area is 144 Å². The van der Waals surface area contributed by atoms with Gasteiger partial charge in [0.15, 0.2) is 6.23 Å². The Morgan fingerprint density at radius 1 is 1.04 bits per heavy atom. The number of benzene rings is 1. The lowest BCUT2D eigenvalue weighted by atomic mass is 10.0. The topological polar surface area (TPSA) is 39.9 Å². The van der Waals surface area contributed by atoms with E-state index in [0.29, 0.717) is 17.9 Å². The van der Waals surface area contributed by atoms with Crippen molar-refractivity contribution < 1.29 is 13.5 Å². The van der Waals surface area contributed by atoms with Crippen LogP contribution in [0.5, 0.6) is 0 Å². The summed E-state index contributed by atoms with van der Waals surface area (Å²) in [6.45, 7) is 0.653. The second kappa shape index (κ2) is 6.72. The highest BCUT2D eigenvalue weighted by Crippen LogP contribution is 2.37. The summed E-state index contributed by atoms with van der Waals surface area (Å²) in [6.07, 6.45) is 7.65. The first-order chi connectivity index (χ1) is 12.2. The Morgan fingerprint density at radius 3 is 2.60 bits per heavy atom. The van der Waals surface area contributed by atoms with Gasteiger partial charge in [0, 0.05) is 36.2 Å². The summed E-state index contributed by atoms with van der Waals surface area (Å²) in [4.78, 5) is 4.02. The number of hydrogen-bond donors (Lipinski definition) is 0. The van der Waals surface area contributed by atoms with Crippen LogP contribution in [0.3, 0.4) is 0 Å². The fraction of sp³-hybridized carbons (Fsp3) is 0.263.